The van der Waals surface area contributed by atoms with Crippen molar-refractivity contribution in [1.29, 1.82) is 0 Å². The number of aliphatic hydroxyl groups excluding tert-OH is 1. The number of thiophene rings is 1. The molecule has 1 N–H and O–H groups in total. The van der Waals surface area contributed by atoms with E-state index in [9.17, 15) is 5.11 Å². The van der Waals surface area contributed by atoms with E-state index in [4.69, 9.17) is 0 Å². The predicted octanol–water partition coefficient (Wildman–Crippen LogP) is 5.90. The Morgan fingerprint density at radius 1 is 0.708 bits per heavy atom. The molecular weight excluding hydrogens is 312 g/mol. The minimum atomic E-state index is 0.183. The second-order valence-electron chi connectivity index (χ2n) is 6.20. The molecule has 5 rings (SSSR count). The topological polar surface area (TPSA) is 20.2 Å². The molecule has 0 fully saturated rings. The van der Waals surface area contributed by atoms with Crippen LogP contribution in [0.4, 0.5) is 0 Å². The maximum Gasteiger partial charge on any atom is 0.0471 e. The number of aliphatic hydroxyl groups is 1. The molecule has 0 amide bonds. The van der Waals surface area contributed by atoms with Gasteiger partial charge in [-0.25, -0.2) is 0 Å². The van der Waals surface area contributed by atoms with Crippen LogP contribution in [0.1, 0.15) is 5.56 Å². The average molecular weight is 328 g/mol. The number of hydrogen-bond donors (Lipinski definition) is 1. The van der Waals surface area contributed by atoms with E-state index in [2.05, 4.69) is 66.7 Å². The van der Waals surface area contributed by atoms with E-state index in [0.717, 1.165) is 0 Å². The van der Waals surface area contributed by atoms with Gasteiger partial charge < -0.3 is 5.11 Å². The molecule has 24 heavy (non-hydrogen) atoms. The van der Waals surface area contributed by atoms with Crippen molar-refractivity contribution in [3.63, 3.8) is 0 Å². The number of rotatable bonds is 2. The molecule has 0 bridgehead atoms. The fraction of sp³-hybridized carbons (Fsp3) is 0.0909. The van der Waals surface area contributed by atoms with E-state index < -0.39 is 0 Å². The van der Waals surface area contributed by atoms with Gasteiger partial charge in [0.05, 0.1) is 0 Å². The summed E-state index contributed by atoms with van der Waals surface area (Å²) in [6.07, 6.45) is 0.700. The van der Waals surface area contributed by atoms with Gasteiger partial charge >= 0.3 is 0 Å². The van der Waals surface area contributed by atoms with Gasteiger partial charge in [0.25, 0.3) is 0 Å². The zero-order chi connectivity index (χ0) is 16.1. The van der Waals surface area contributed by atoms with Gasteiger partial charge in [-0.2, -0.15) is 0 Å². The Bertz CT molecular complexity index is 1220. The molecule has 4 aromatic carbocycles. The normalized spacial score (nSPS) is 11.9. The van der Waals surface area contributed by atoms with Crippen molar-refractivity contribution in [2.45, 2.75) is 6.42 Å². The van der Waals surface area contributed by atoms with Crippen molar-refractivity contribution in [2.24, 2.45) is 0 Å². The van der Waals surface area contributed by atoms with E-state index in [1.54, 1.807) is 0 Å². The molecule has 0 aliphatic heterocycles. The van der Waals surface area contributed by atoms with Gasteiger partial charge in [-0.3, -0.25) is 0 Å². The smallest absolute Gasteiger partial charge is 0.0471 e. The Kier molecular flexibility index (Phi) is 3.09. The van der Waals surface area contributed by atoms with Gasteiger partial charge in [-0.1, -0.05) is 60.7 Å². The Morgan fingerprint density at radius 3 is 2.29 bits per heavy atom. The highest BCUT2D eigenvalue weighted by atomic mass is 32.1. The molecule has 1 aromatic heterocycles. The standard InChI is InChI=1S/C22H16OS/c23-12-11-16-13-15-6-2-3-7-17(15)20-19-10-9-14-5-1-4-8-18(14)22(19)24-21(16)20/h1-10,13,23H,11-12H2. The molecule has 1 heterocycles. The Labute approximate surface area is 143 Å². The molecule has 1 nitrogen and oxygen atoms in total. The number of benzene rings is 4. The van der Waals surface area contributed by atoms with Gasteiger partial charge in [0.15, 0.2) is 0 Å². The highest BCUT2D eigenvalue weighted by Crippen LogP contribution is 2.43. The molecule has 0 unspecified atom stereocenters. The van der Waals surface area contributed by atoms with Crippen molar-refractivity contribution in [2.75, 3.05) is 6.61 Å². The van der Waals surface area contributed by atoms with Crippen molar-refractivity contribution < 1.29 is 5.11 Å². The monoisotopic (exact) mass is 328 g/mol. The predicted molar refractivity (Wildman–Crippen MR) is 105 cm³/mol. The van der Waals surface area contributed by atoms with Crippen molar-refractivity contribution >= 4 is 53.1 Å². The fourth-order valence-corrected chi connectivity index (χ4v) is 5.12. The lowest BCUT2D eigenvalue weighted by Crippen LogP contribution is -1.91. The molecule has 0 saturated heterocycles. The lowest BCUT2D eigenvalue weighted by molar-refractivity contribution is 0.300. The highest BCUT2D eigenvalue weighted by Gasteiger charge is 2.14. The first-order valence-corrected chi connectivity index (χ1v) is 9.04. The van der Waals surface area contributed by atoms with Crippen LogP contribution in [0.25, 0.3) is 41.7 Å². The molecular formula is C22H16OS. The molecule has 0 radical (unpaired) electrons. The SMILES string of the molecule is OCCc1cc2ccccc2c2c1sc1c3ccccc3ccc12. The van der Waals surface area contributed by atoms with Crippen LogP contribution in [0, 0.1) is 0 Å². The van der Waals surface area contributed by atoms with Gasteiger partial charge in [-0.15, -0.1) is 11.3 Å². The van der Waals surface area contributed by atoms with Crippen LogP contribution in [0.2, 0.25) is 0 Å². The lowest BCUT2D eigenvalue weighted by Gasteiger charge is -2.06. The van der Waals surface area contributed by atoms with Crippen LogP contribution >= 0.6 is 11.3 Å². The van der Waals surface area contributed by atoms with Gasteiger partial charge in [0.2, 0.25) is 0 Å². The zero-order valence-corrected chi connectivity index (χ0v) is 13.9. The lowest BCUT2D eigenvalue weighted by atomic mass is 9.98. The third-order valence-electron chi connectivity index (χ3n) is 4.81. The summed E-state index contributed by atoms with van der Waals surface area (Å²) in [5.41, 5.74) is 1.25. The summed E-state index contributed by atoms with van der Waals surface area (Å²) in [6.45, 7) is 0.183. The first kappa shape index (κ1) is 14.0. The third kappa shape index (κ3) is 1.90. The van der Waals surface area contributed by atoms with Gasteiger partial charge in [-0.05, 0) is 39.6 Å². The molecule has 2 heteroatoms. The third-order valence-corrected chi connectivity index (χ3v) is 6.13. The molecule has 0 atom stereocenters. The van der Waals surface area contributed by atoms with Crippen LogP contribution in [0.5, 0.6) is 0 Å². The van der Waals surface area contributed by atoms with Crippen LogP contribution in [-0.4, -0.2) is 11.7 Å². The largest absolute Gasteiger partial charge is 0.396 e. The summed E-state index contributed by atoms with van der Waals surface area (Å²) in [5, 5.41) is 17.3. The molecule has 0 saturated carbocycles. The summed E-state index contributed by atoms with van der Waals surface area (Å²) < 4.78 is 2.66. The molecule has 116 valence electrons. The maximum atomic E-state index is 9.50. The Morgan fingerprint density at radius 2 is 1.46 bits per heavy atom. The molecule has 5 aromatic rings. The van der Waals surface area contributed by atoms with Crippen LogP contribution < -0.4 is 0 Å². The fourth-order valence-electron chi connectivity index (χ4n) is 3.73. The Balaban J connectivity index is 2.06. The minimum absolute atomic E-state index is 0.183. The first-order chi connectivity index (χ1) is 11.9. The van der Waals surface area contributed by atoms with Crippen LogP contribution in [-0.2, 0) is 6.42 Å². The van der Waals surface area contributed by atoms with Crippen molar-refractivity contribution in [3.05, 3.63) is 72.3 Å². The van der Waals surface area contributed by atoms with Crippen molar-refractivity contribution in [1.82, 2.24) is 0 Å². The molecule has 0 aliphatic rings. The van der Waals surface area contributed by atoms with E-state index in [1.165, 1.54) is 47.3 Å². The highest BCUT2D eigenvalue weighted by molar-refractivity contribution is 7.27. The van der Waals surface area contributed by atoms with E-state index >= 15 is 0 Å². The van der Waals surface area contributed by atoms with E-state index in [1.807, 2.05) is 11.3 Å². The Hall–Kier alpha value is -2.42. The molecule has 0 aliphatic carbocycles. The van der Waals surface area contributed by atoms with Crippen molar-refractivity contribution in [3.8, 4) is 0 Å². The summed E-state index contributed by atoms with van der Waals surface area (Å²) in [7, 11) is 0. The minimum Gasteiger partial charge on any atom is -0.396 e. The summed E-state index contributed by atoms with van der Waals surface area (Å²) in [4.78, 5) is 0. The second-order valence-corrected chi connectivity index (χ2v) is 7.22. The summed E-state index contributed by atoms with van der Waals surface area (Å²) >= 11 is 1.86. The van der Waals surface area contributed by atoms with E-state index in [-0.39, 0.29) is 6.61 Å². The van der Waals surface area contributed by atoms with Gasteiger partial charge in [0, 0.05) is 26.8 Å². The quantitative estimate of drug-likeness (QED) is 0.428. The van der Waals surface area contributed by atoms with Crippen LogP contribution in [0.3, 0.4) is 0 Å². The van der Waals surface area contributed by atoms with Crippen LogP contribution in [0.15, 0.2) is 66.7 Å². The number of hydrogen-bond acceptors (Lipinski definition) is 2. The van der Waals surface area contributed by atoms with Gasteiger partial charge in [0.1, 0.15) is 0 Å². The summed E-state index contributed by atoms with van der Waals surface area (Å²) in [5.74, 6) is 0. The maximum absolute atomic E-state index is 9.50. The average Bonchev–Trinajstić information content (AvgIpc) is 3.03. The summed E-state index contributed by atoms with van der Waals surface area (Å²) in [6, 6.07) is 23.9. The zero-order valence-electron chi connectivity index (χ0n) is 13.1. The first-order valence-electron chi connectivity index (χ1n) is 8.22. The number of fused-ring (bicyclic) bond motifs is 7. The second kappa shape index (κ2) is 5.30. The van der Waals surface area contributed by atoms with E-state index in [0.29, 0.717) is 6.42 Å². The molecule has 0 spiro atoms.